The van der Waals surface area contributed by atoms with Crippen LogP contribution in [0.1, 0.15) is 30.7 Å². The van der Waals surface area contributed by atoms with E-state index in [9.17, 15) is 9.90 Å². The average Bonchev–Trinajstić information content (AvgIpc) is 3.40. The van der Waals surface area contributed by atoms with Gasteiger partial charge in [-0.25, -0.2) is 14.5 Å². The molecule has 4 aromatic rings. The highest BCUT2D eigenvalue weighted by Gasteiger charge is 2.32. The molecule has 0 bridgehead atoms. The molecule has 0 fully saturated rings. The smallest absolute Gasteiger partial charge is 0.225 e. The first-order valence-electron chi connectivity index (χ1n) is 11.7. The van der Waals surface area contributed by atoms with Crippen molar-refractivity contribution in [2.45, 2.75) is 38.7 Å². The van der Waals surface area contributed by atoms with Crippen molar-refractivity contribution in [2.24, 2.45) is 5.92 Å². The van der Waals surface area contributed by atoms with Gasteiger partial charge in [-0.3, -0.25) is 4.79 Å². The zero-order chi connectivity index (χ0) is 24.9. The van der Waals surface area contributed by atoms with Crippen molar-refractivity contribution >= 4 is 50.2 Å². The van der Waals surface area contributed by atoms with Gasteiger partial charge < -0.3 is 20.2 Å². The third-order valence-corrected chi connectivity index (χ3v) is 7.61. The molecule has 1 amide bonds. The number of fused-ring (bicyclic) bond motifs is 4. The van der Waals surface area contributed by atoms with Crippen LogP contribution in [0.15, 0.2) is 30.9 Å². The Labute approximate surface area is 208 Å². The van der Waals surface area contributed by atoms with Gasteiger partial charge in [0.15, 0.2) is 0 Å². The minimum absolute atomic E-state index is 0.0862. The molecule has 1 aliphatic rings. The van der Waals surface area contributed by atoms with E-state index in [1.165, 1.54) is 10.4 Å². The molecule has 1 aliphatic carbocycles. The van der Waals surface area contributed by atoms with Crippen molar-refractivity contribution in [1.82, 2.24) is 24.5 Å². The first-order valence-corrected chi connectivity index (χ1v) is 12.6. The van der Waals surface area contributed by atoms with Crippen LogP contribution in [-0.2, 0) is 17.6 Å². The first-order chi connectivity index (χ1) is 16.6. The molecule has 0 saturated carbocycles. The van der Waals surface area contributed by atoms with Gasteiger partial charge in [0.05, 0.1) is 34.1 Å². The van der Waals surface area contributed by atoms with E-state index in [0.717, 1.165) is 45.8 Å². The van der Waals surface area contributed by atoms with E-state index in [4.69, 9.17) is 0 Å². The Kier molecular flexibility index (Phi) is 5.88. The first kappa shape index (κ1) is 23.5. The number of thiophene rings is 1. The van der Waals surface area contributed by atoms with E-state index in [-0.39, 0.29) is 11.8 Å². The van der Waals surface area contributed by atoms with Crippen LogP contribution in [0, 0.1) is 5.92 Å². The number of hydrogen-bond acceptors (Lipinski definition) is 8. The summed E-state index contributed by atoms with van der Waals surface area (Å²) in [5.41, 5.74) is 3.26. The van der Waals surface area contributed by atoms with Crippen molar-refractivity contribution in [3.05, 3.63) is 41.3 Å². The minimum Gasteiger partial charge on any atom is -0.389 e. The molecule has 5 rings (SSSR count). The van der Waals surface area contributed by atoms with Gasteiger partial charge in [-0.15, -0.1) is 11.3 Å². The Hall–Kier alpha value is -3.24. The van der Waals surface area contributed by atoms with Gasteiger partial charge in [-0.2, -0.15) is 5.10 Å². The maximum absolute atomic E-state index is 13.1. The lowest BCUT2D eigenvalue weighted by molar-refractivity contribution is -0.137. The van der Waals surface area contributed by atoms with E-state index >= 15 is 0 Å². The highest BCUT2D eigenvalue weighted by molar-refractivity contribution is 7.19. The predicted octanol–water partition coefficient (Wildman–Crippen LogP) is 3.48. The molecule has 0 unspecified atom stereocenters. The highest BCUT2D eigenvalue weighted by atomic mass is 32.1. The number of hydrogen-bond donors (Lipinski definition) is 2. The second-order valence-corrected chi connectivity index (χ2v) is 11.2. The van der Waals surface area contributed by atoms with Crippen LogP contribution >= 0.6 is 11.3 Å². The van der Waals surface area contributed by atoms with Gasteiger partial charge in [0, 0.05) is 44.7 Å². The topological polar surface area (TPSA) is 98.9 Å². The van der Waals surface area contributed by atoms with Crippen molar-refractivity contribution in [1.29, 1.82) is 0 Å². The van der Waals surface area contributed by atoms with E-state index in [2.05, 4.69) is 26.4 Å². The Bertz CT molecular complexity index is 1400. The number of amides is 1. The van der Waals surface area contributed by atoms with Crippen LogP contribution in [0.4, 0.5) is 17.2 Å². The molecule has 2 N–H and O–H groups in total. The van der Waals surface area contributed by atoms with Crippen molar-refractivity contribution in [3.8, 4) is 0 Å². The molecule has 0 spiro atoms. The number of aliphatic hydroxyl groups is 1. The normalized spacial score (nSPS) is 15.9. The molecule has 0 aliphatic heterocycles. The molecule has 9 nitrogen and oxygen atoms in total. The molecule has 4 aromatic heterocycles. The van der Waals surface area contributed by atoms with Crippen molar-refractivity contribution in [3.63, 3.8) is 0 Å². The summed E-state index contributed by atoms with van der Waals surface area (Å²) in [5.74, 6) is 0.782. The largest absolute Gasteiger partial charge is 0.389 e. The summed E-state index contributed by atoms with van der Waals surface area (Å²) >= 11 is 1.65. The predicted molar refractivity (Wildman–Crippen MR) is 140 cm³/mol. The minimum atomic E-state index is -0.913. The fourth-order valence-electron chi connectivity index (χ4n) is 4.92. The zero-order valence-electron chi connectivity index (χ0n) is 20.7. The fraction of sp³-hybridized carbons (Fsp3) is 0.440. The lowest BCUT2D eigenvalue weighted by Crippen LogP contribution is -2.43. The van der Waals surface area contributed by atoms with Gasteiger partial charge in [0.1, 0.15) is 17.0 Å². The van der Waals surface area contributed by atoms with Crippen LogP contribution < -0.4 is 10.2 Å². The summed E-state index contributed by atoms with van der Waals surface area (Å²) < 4.78 is 1.86. The Morgan fingerprint density at radius 2 is 2.11 bits per heavy atom. The summed E-state index contributed by atoms with van der Waals surface area (Å²) in [6, 6.07) is 4.04. The fourth-order valence-corrected chi connectivity index (χ4v) is 6.19. The number of carbonyl (C=O) groups is 1. The van der Waals surface area contributed by atoms with Gasteiger partial charge in [0.25, 0.3) is 0 Å². The number of aromatic nitrogens is 4. The lowest BCUT2D eigenvalue weighted by Gasteiger charge is -2.30. The van der Waals surface area contributed by atoms with Gasteiger partial charge in [-0.05, 0) is 50.8 Å². The van der Waals surface area contributed by atoms with Crippen LogP contribution in [-0.4, -0.2) is 68.8 Å². The summed E-state index contributed by atoms with van der Waals surface area (Å²) in [6.07, 6.45) is 7.64. The summed E-state index contributed by atoms with van der Waals surface area (Å²) in [7, 11) is 5.78. The van der Waals surface area contributed by atoms with E-state index in [1.54, 1.807) is 49.7 Å². The van der Waals surface area contributed by atoms with Crippen molar-refractivity contribution in [2.75, 3.05) is 37.9 Å². The Balaban J connectivity index is 1.47. The van der Waals surface area contributed by atoms with Crippen LogP contribution in [0.3, 0.4) is 0 Å². The number of rotatable bonds is 6. The maximum atomic E-state index is 13.1. The molecule has 1 atom stereocenters. The van der Waals surface area contributed by atoms with Gasteiger partial charge in [0.2, 0.25) is 5.91 Å². The molecule has 184 valence electrons. The number of anilines is 3. The summed E-state index contributed by atoms with van der Waals surface area (Å²) in [4.78, 5) is 28.1. The number of pyridine rings is 1. The van der Waals surface area contributed by atoms with Crippen LogP contribution in [0.25, 0.3) is 15.7 Å². The Morgan fingerprint density at radius 1 is 1.31 bits per heavy atom. The Morgan fingerprint density at radius 3 is 2.86 bits per heavy atom. The standard InChI is InChI=1S/C25H31N7O2S/c1-25(2,34)13-31(5)24(33)15-6-7-17-20(10-15)35-23-21(17)22(26-14-27-23)29-18-11-16-8-9-28-32(16)12-19(18)30(3)4/h8-9,11-12,14-15,34H,6-7,10,13H2,1-5H3,(H,26,27,29)/t15-/m0/s1. The van der Waals surface area contributed by atoms with Crippen LogP contribution in [0.2, 0.25) is 0 Å². The number of nitrogens with one attached hydrogen (secondary N) is 1. The summed E-state index contributed by atoms with van der Waals surface area (Å²) in [5, 5.41) is 19.1. The summed E-state index contributed by atoms with van der Waals surface area (Å²) in [6.45, 7) is 3.76. The molecule has 0 aromatic carbocycles. The SMILES string of the molecule is CN(CC(C)(C)O)C(=O)[C@H]1CCc2c(sc3ncnc(Nc4cc5ccnn5cc4N(C)C)c23)C1. The highest BCUT2D eigenvalue weighted by Crippen LogP contribution is 2.41. The second-order valence-electron chi connectivity index (χ2n) is 10.1. The maximum Gasteiger partial charge on any atom is 0.225 e. The third-order valence-electron chi connectivity index (χ3n) is 6.44. The average molecular weight is 494 g/mol. The third kappa shape index (κ3) is 4.55. The molecule has 35 heavy (non-hydrogen) atoms. The molecule has 0 saturated heterocycles. The van der Waals surface area contributed by atoms with Crippen molar-refractivity contribution < 1.29 is 9.90 Å². The molecule has 10 heteroatoms. The quantitative estimate of drug-likeness (QED) is 0.424. The van der Waals surface area contributed by atoms with E-state index in [0.29, 0.717) is 13.0 Å². The van der Waals surface area contributed by atoms with Gasteiger partial charge in [-0.1, -0.05) is 0 Å². The molecule has 0 radical (unpaired) electrons. The molecular formula is C25H31N7O2S. The lowest BCUT2D eigenvalue weighted by atomic mass is 9.86. The zero-order valence-corrected chi connectivity index (χ0v) is 21.6. The number of nitrogens with zero attached hydrogens (tertiary/aromatic N) is 6. The van der Waals surface area contributed by atoms with E-state index < -0.39 is 5.60 Å². The monoisotopic (exact) mass is 493 g/mol. The van der Waals surface area contributed by atoms with Gasteiger partial charge >= 0.3 is 0 Å². The van der Waals surface area contributed by atoms with Crippen LogP contribution in [0.5, 0.6) is 0 Å². The van der Waals surface area contributed by atoms with E-state index in [1.807, 2.05) is 35.8 Å². The number of likely N-dealkylation sites (N-methyl/N-ethyl adjacent to an activating group) is 1. The second kappa shape index (κ2) is 8.76. The molecule has 4 heterocycles. The molecular weight excluding hydrogens is 462 g/mol. The number of carbonyl (C=O) groups excluding carboxylic acids is 1. The number of aryl methyl sites for hydroxylation is 1.